The van der Waals surface area contributed by atoms with E-state index in [1.165, 1.54) is 12.1 Å². The van der Waals surface area contributed by atoms with E-state index in [1.807, 2.05) is 0 Å². The molecule has 1 aliphatic carbocycles. The van der Waals surface area contributed by atoms with Crippen LogP contribution in [0.15, 0.2) is 41.0 Å². The maximum absolute atomic E-state index is 12.9. The molecule has 0 amide bonds. The summed E-state index contributed by atoms with van der Waals surface area (Å²) in [6, 6.07) is 5.87. The number of rotatable bonds is 3. The van der Waals surface area contributed by atoms with Crippen molar-refractivity contribution in [3.63, 3.8) is 0 Å². The number of benzene rings is 1. The van der Waals surface area contributed by atoms with E-state index in [0.717, 1.165) is 5.56 Å². The van der Waals surface area contributed by atoms with E-state index in [-0.39, 0.29) is 17.6 Å². The highest BCUT2D eigenvalue weighted by Gasteiger charge is 2.25. The Morgan fingerprint density at radius 3 is 2.57 bits per heavy atom. The molecular formula is C17H17FO3. The monoisotopic (exact) mass is 288 g/mol. The van der Waals surface area contributed by atoms with Gasteiger partial charge in [-0.2, -0.15) is 0 Å². The first kappa shape index (κ1) is 15.2. The average Bonchev–Trinajstić information content (AvgIpc) is 2.45. The maximum atomic E-state index is 12.9. The van der Waals surface area contributed by atoms with Gasteiger partial charge in [-0.25, -0.2) is 9.18 Å². The highest BCUT2D eigenvalue weighted by atomic mass is 19.1. The minimum atomic E-state index is -0.368. The summed E-state index contributed by atoms with van der Waals surface area (Å²) in [4.78, 5) is 24.0. The second-order valence-corrected chi connectivity index (χ2v) is 4.86. The Kier molecular flexibility index (Phi) is 4.68. The number of halogens is 1. The van der Waals surface area contributed by atoms with Crippen LogP contribution in [0.3, 0.4) is 0 Å². The first-order valence-corrected chi connectivity index (χ1v) is 6.90. The van der Waals surface area contributed by atoms with Gasteiger partial charge in [0, 0.05) is 17.6 Å². The molecule has 0 bridgehead atoms. The van der Waals surface area contributed by atoms with Gasteiger partial charge in [0.1, 0.15) is 5.82 Å². The van der Waals surface area contributed by atoms with Gasteiger partial charge in [0.2, 0.25) is 0 Å². The first-order valence-electron chi connectivity index (χ1n) is 6.90. The van der Waals surface area contributed by atoms with Crippen molar-refractivity contribution in [3.05, 3.63) is 52.4 Å². The van der Waals surface area contributed by atoms with Crippen LogP contribution in [0.25, 0.3) is 6.08 Å². The maximum Gasteiger partial charge on any atom is 0.334 e. The molecule has 1 aliphatic rings. The summed E-state index contributed by atoms with van der Waals surface area (Å²) in [7, 11) is 0. The second-order valence-electron chi connectivity index (χ2n) is 4.86. The van der Waals surface area contributed by atoms with Gasteiger partial charge >= 0.3 is 5.97 Å². The normalized spacial score (nSPS) is 17.3. The molecule has 0 saturated carbocycles. The molecule has 0 aromatic heterocycles. The van der Waals surface area contributed by atoms with Gasteiger partial charge in [0.15, 0.2) is 5.78 Å². The standard InChI is InChI=1S/C17H17FO3/c1-3-21-17(20)14-8-9-16(19)15(11(14)2)10-12-4-6-13(18)7-5-12/h4-7,10H,3,8-9H2,1-2H3/b15-10+. The molecule has 0 aliphatic heterocycles. The summed E-state index contributed by atoms with van der Waals surface area (Å²) in [6.45, 7) is 3.80. The molecule has 110 valence electrons. The largest absolute Gasteiger partial charge is 0.463 e. The molecule has 2 rings (SSSR count). The lowest BCUT2D eigenvalue weighted by atomic mass is 9.86. The number of carbonyl (C=O) groups excluding carboxylic acids is 2. The Morgan fingerprint density at radius 2 is 1.95 bits per heavy atom. The number of hydrogen-bond acceptors (Lipinski definition) is 3. The van der Waals surface area contributed by atoms with E-state index >= 15 is 0 Å². The fraction of sp³-hybridized carbons (Fsp3) is 0.294. The summed E-state index contributed by atoms with van der Waals surface area (Å²) >= 11 is 0. The van der Waals surface area contributed by atoms with Crippen molar-refractivity contribution in [2.45, 2.75) is 26.7 Å². The minimum absolute atomic E-state index is 0.00938. The third-order valence-electron chi connectivity index (χ3n) is 3.46. The third kappa shape index (κ3) is 3.45. The zero-order valence-electron chi connectivity index (χ0n) is 12.1. The molecule has 0 N–H and O–H groups in total. The molecule has 0 spiro atoms. The van der Waals surface area contributed by atoms with Crippen molar-refractivity contribution in [3.8, 4) is 0 Å². The van der Waals surface area contributed by atoms with E-state index in [2.05, 4.69) is 0 Å². The fourth-order valence-electron chi connectivity index (χ4n) is 2.32. The van der Waals surface area contributed by atoms with E-state index in [0.29, 0.717) is 36.2 Å². The Balaban J connectivity index is 2.39. The van der Waals surface area contributed by atoms with Gasteiger partial charge in [-0.3, -0.25) is 4.79 Å². The molecule has 0 fully saturated rings. The van der Waals surface area contributed by atoms with Crippen LogP contribution in [0, 0.1) is 5.82 Å². The number of esters is 1. The van der Waals surface area contributed by atoms with Crippen LogP contribution in [0.2, 0.25) is 0 Å². The van der Waals surface area contributed by atoms with Gasteiger partial charge in [-0.1, -0.05) is 12.1 Å². The zero-order chi connectivity index (χ0) is 15.4. The minimum Gasteiger partial charge on any atom is -0.463 e. The molecule has 0 atom stereocenters. The summed E-state index contributed by atoms with van der Waals surface area (Å²) in [5, 5.41) is 0. The highest BCUT2D eigenvalue weighted by Crippen LogP contribution is 2.29. The van der Waals surface area contributed by atoms with E-state index in [9.17, 15) is 14.0 Å². The predicted molar refractivity (Wildman–Crippen MR) is 78.0 cm³/mol. The fourth-order valence-corrected chi connectivity index (χ4v) is 2.32. The number of carbonyl (C=O) groups is 2. The average molecular weight is 288 g/mol. The number of ether oxygens (including phenoxy) is 1. The lowest BCUT2D eigenvalue weighted by Gasteiger charge is -2.18. The Bertz CT molecular complexity index is 624. The van der Waals surface area contributed by atoms with Crippen LogP contribution < -0.4 is 0 Å². The van der Waals surface area contributed by atoms with Crippen LogP contribution in [0.1, 0.15) is 32.3 Å². The van der Waals surface area contributed by atoms with Crippen LogP contribution in [0.5, 0.6) is 0 Å². The Labute approximate surface area is 123 Å². The number of ketones is 1. The summed E-state index contributed by atoms with van der Waals surface area (Å²) in [5.41, 5.74) is 2.42. The molecular weight excluding hydrogens is 271 g/mol. The lowest BCUT2D eigenvalue weighted by Crippen LogP contribution is -2.18. The Morgan fingerprint density at radius 1 is 1.29 bits per heavy atom. The van der Waals surface area contributed by atoms with E-state index < -0.39 is 0 Å². The third-order valence-corrected chi connectivity index (χ3v) is 3.46. The molecule has 0 unspecified atom stereocenters. The molecule has 1 aromatic carbocycles. The summed E-state index contributed by atoms with van der Waals surface area (Å²) < 4.78 is 17.9. The molecule has 0 heterocycles. The topological polar surface area (TPSA) is 43.4 Å². The van der Waals surface area contributed by atoms with Crippen LogP contribution in [-0.4, -0.2) is 18.4 Å². The van der Waals surface area contributed by atoms with Gasteiger partial charge in [-0.15, -0.1) is 0 Å². The van der Waals surface area contributed by atoms with Crippen molar-refractivity contribution in [1.29, 1.82) is 0 Å². The van der Waals surface area contributed by atoms with Gasteiger partial charge in [0.25, 0.3) is 0 Å². The first-order chi connectivity index (χ1) is 10.0. The smallest absolute Gasteiger partial charge is 0.334 e. The van der Waals surface area contributed by atoms with Gasteiger partial charge in [0.05, 0.1) is 6.61 Å². The van der Waals surface area contributed by atoms with Crippen molar-refractivity contribution < 1.29 is 18.7 Å². The summed E-state index contributed by atoms with van der Waals surface area (Å²) in [6.07, 6.45) is 2.39. The van der Waals surface area contributed by atoms with Crippen molar-refractivity contribution >= 4 is 17.8 Å². The van der Waals surface area contributed by atoms with Crippen LogP contribution in [-0.2, 0) is 14.3 Å². The van der Waals surface area contributed by atoms with Gasteiger partial charge < -0.3 is 4.74 Å². The number of hydrogen-bond donors (Lipinski definition) is 0. The molecule has 3 nitrogen and oxygen atoms in total. The zero-order valence-corrected chi connectivity index (χ0v) is 12.1. The molecule has 4 heteroatoms. The highest BCUT2D eigenvalue weighted by molar-refractivity contribution is 6.08. The molecule has 0 saturated heterocycles. The van der Waals surface area contributed by atoms with E-state index in [1.54, 1.807) is 32.1 Å². The van der Waals surface area contributed by atoms with Crippen molar-refractivity contribution in [1.82, 2.24) is 0 Å². The van der Waals surface area contributed by atoms with Crippen molar-refractivity contribution in [2.24, 2.45) is 0 Å². The summed E-state index contributed by atoms with van der Waals surface area (Å²) in [5.74, 6) is -0.705. The van der Waals surface area contributed by atoms with Gasteiger partial charge in [-0.05, 0) is 49.6 Å². The number of Topliss-reactive ketones (excluding diaryl/α,β-unsaturated/α-hetero) is 1. The Hall–Kier alpha value is -2.23. The molecule has 0 radical (unpaired) electrons. The molecule has 1 aromatic rings. The molecule has 21 heavy (non-hydrogen) atoms. The quantitative estimate of drug-likeness (QED) is 0.632. The van der Waals surface area contributed by atoms with Crippen LogP contribution >= 0.6 is 0 Å². The van der Waals surface area contributed by atoms with Crippen molar-refractivity contribution in [2.75, 3.05) is 6.61 Å². The van der Waals surface area contributed by atoms with E-state index in [4.69, 9.17) is 4.74 Å². The lowest BCUT2D eigenvalue weighted by molar-refractivity contribution is -0.138. The predicted octanol–water partition coefficient (Wildman–Crippen LogP) is 3.45. The number of allylic oxidation sites excluding steroid dienone is 2. The SMILES string of the molecule is CCOC(=O)C1=C(C)/C(=C\c2ccc(F)cc2)C(=O)CC1. The van der Waals surface area contributed by atoms with Crippen LogP contribution in [0.4, 0.5) is 4.39 Å². The second kappa shape index (κ2) is 6.48.